The van der Waals surface area contributed by atoms with E-state index in [1.165, 1.54) is 21.3 Å². The van der Waals surface area contributed by atoms with E-state index in [0.717, 1.165) is 18.4 Å². The second-order valence-electron chi connectivity index (χ2n) is 5.52. The Morgan fingerprint density at radius 3 is 2.20 bits per heavy atom. The number of carbonyl (C=O) groups is 2. The minimum atomic E-state index is -3.16. The fourth-order valence-corrected chi connectivity index (χ4v) is 3.30. The Hall–Kier alpha value is -1.69. The first-order chi connectivity index (χ1) is 11.9. The van der Waals surface area contributed by atoms with Crippen LogP contribution in [0.15, 0.2) is 24.3 Å². The summed E-state index contributed by atoms with van der Waals surface area (Å²) in [6.07, 6.45) is 2.36. The third-order valence-electron chi connectivity index (χ3n) is 3.79. The van der Waals surface area contributed by atoms with Crippen molar-refractivity contribution in [3.8, 4) is 0 Å². The van der Waals surface area contributed by atoms with E-state index in [1.54, 1.807) is 24.3 Å². The third-order valence-corrected chi connectivity index (χ3v) is 5.65. The molecule has 1 aromatic carbocycles. The van der Waals surface area contributed by atoms with Gasteiger partial charge in [-0.05, 0) is 24.1 Å². The number of benzene rings is 1. The van der Waals surface area contributed by atoms with Crippen LogP contribution in [0.5, 0.6) is 0 Å². The lowest BCUT2D eigenvalue weighted by atomic mass is 10.1. The Labute approximate surface area is 148 Å². The van der Waals surface area contributed by atoms with Gasteiger partial charge in [0.05, 0.1) is 13.3 Å². The topological polar surface area (TPSA) is 90.9 Å². The summed E-state index contributed by atoms with van der Waals surface area (Å²) in [6.45, 7) is 2.01. The van der Waals surface area contributed by atoms with Gasteiger partial charge in [-0.2, -0.15) is 0 Å². The Morgan fingerprint density at radius 2 is 1.72 bits per heavy atom. The Kier molecular flexibility index (Phi) is 8.83. The van der Waals surface area contributed by atoms with E-state index in [4.69, 9.17) is 13.8 Å². The number of amides is 1. The summed E-state index contributed by atoms with van der Waals surface area (Å²) in [5.74, 6) is -0.820. The summed E-state index contributed by atoms with van der Waals surface area (Å²) in [5.41, 5.74) is 1.12. The summed E-state index contributed by atoms with van der Waals surface area (Å²) >= 11 is 0. The summed E-state index contributed by atoms with van der Waals surface area (Å²) in [6, 6.07) is 5.90. The van der Waals surface area contributed by atoms with Crippen molar-refractivity contribution in [3.63, 3.8) is 0 Å². The van der Waals surface area contributed by atoms with Crippen molar-refractivity contribution in [2.45, 2.75) is 38.4 Å². The first-order valence-corrected chi connectivity index (χ1v) is 9.80. The van der Waals surface area contributed by atoms with Crippen molar-refractivity contribution < 1.29 is 27.9 Å². The predicted molar refractivity (Wildman–Crippen MR) is 94.6 cm³/mol. The molecule has 1 atom stereocenters. The van der Waals surface area contributed by atoms with Crippen LogP contribution in [0.4, 0.5) is 0 Å². The van der Waals surface area contributed by atoms with Crippen LogP contribution in [0.25, 0.3) is 0 Å². The molecule has 0 aromatic heterocycles. The Balaban J connectivity index is 2.78. The monoisotopic (exact) mass is 371 g/mol. The van der Waals surface area contributed by atoms with Crippen LogP contribution >= 0.6 is 7.60 Å². The standard InChI is InChI=1S/C17H26NO6P/c1-5-6-7-15(17(20)22-2)18-16(19)14-10-8-13(9-11-14)12-25(21,23-3)24-4/h8-11,15H,5-7,12H2,1-4H3,(H,18,19)/t15-/m0/s1. The molecule has 0 aliphatic carbocycles. The maximum absolute atomic E-state index is 12.3. The van der Waals surface area contributed by atoms with Crippen molar-refractivity contribution >= 4 is 19.5 Å². The molecule has 1 aromatic rings. The van der Waals surface area contributed by atoms with E-state index in [0.29, 0.717) is 12.0 Å². The molecule has 1 amide bonds. The maximum atomic E-state index is 12.3. The smallest absolute Gasteiger partial charge is 0.334 e. The van der Waals surface area contributed by atoms with Gasteiger partial charge in [0.2, 0.25) is 0 Å². The lowest BCUT2D eigenvalue weighted by Gasteiger charge is -2.16. The molecule has 0 bridgehead atoms. The minimum absolute atomic E-state index is 0.114. The van der Waals surface area contributed by atoms with Crippen LogP contribution < -0.4 is 5.32 Å². The van der Waals surface area contributed by atoms with Gasteiger partial charge >= 0.3 is 13.6 Å². The fraction of sp³-hybridized carbons (Fsp3) is 0.529. The number of carbonyl (C=O) groups excluding carboxylic acids is 2. The number of unbranched alkanes of at least 4 members (excludes halogenated alkanes) is 1. The van der Waals surface area contributed by atoms with Crippen LogP contribution in [-0.4, -0.2) is 39.2 Å². The molecule has 0 aliphatic rings. The Bertz CT molecular complexity index is 608. The van der Waals surface area contributed by atoms with Gasteiger partial charge in [0.25, 0.3) is 5.91 Å². The van der Waals surface area contributed by atoms with Gasteiger partial charge in [0.15, 0.2) is 0 Å². The number of rotatable bonds is 10. The van der Waals surface area contributed by atoms with E-state index in [2.05, 4.69) is 5.32 Å². The molecule has 140 valence electrons. The van der Waals surface area contributed by atoms with Crippen LogP contribution in [0.1, 0.15) is 42.1 Å². The van der Waals surface area contributed by atoms with Gasteiger partial charge in [0.1, 0.15) is 6.04 Å². The van der Waals surface area contributed by atoms with Crippen molar-refractivity contribution in [1.29, 1.82) is 0 Å². The highest BCUT2D eigenvalue weighted by molar-refractivity contribution is 7.52. The number of ether oxygens (including phenoxy) is 1. The molecular weight excluding hydrogens is 345 g/mol. The quantitative estimate of drug-likeness (QED) is 0.502. The first kappa shape index (κ1) is 21.4. The van der Waals surface area contributed by atoms with E-state index in [9.17, 15) is 14.2 Å². The number of nitrogens with one attached hydrogen (secondary N) is 1. The molecule has 0 unspecified atom stereocenters. The number of hydrogen-bond acceptors (Lipinski definition) is 6. The fourth-order valence-electron chi connectivity index (χ4n) is 2.23. The summed E-state index contributed by atoms with van der Waals surface area (Å²) < 4.78 is 26.7. The average molecular weight is 371 g/mol. The molecule has 0 aliphatic heterocycles. The number of methoxy groups -OCH3 is 1. The molecule has 8 heteroatoms. The summed E-state index contributed by atoms with van der Waals surface area (Å²) in [4.78, 5) is 24.1. The van der Waals surface area contributed by atoms with Crippen LogP contribution in [-0.2, 0) is 29.3 Å². The molecule has 0 heterocycles. The normalized spacial score (nSPS) is 12.5. The molecule has 1 N–H and O–H groups in total. The SMILES string of the molecule is CCCC[C@H](NC(=O)c1ccc(CP(=O)(OC)OC)cc1)C(=O)OC. The zero-order valence-electron chi connectivity index (χ0n) is 15.1. The molecule has 0 fully saturated rings. The zero-order chi connectivity index (χ0) is 18.9. The second kappa shape index (κ2) is 10.3. The number of hydrogen-bond donors (Lipinski definition) is 1. The second-order valence-corrected chi connectivity index (χ2v) is 7.79. The highest BCUT2D eigenvalue weighted by Gasteiger charge is 2.23. The van der Waals surface area contributed by atoms with Gasteiger partial charge in [-0.1, -0.05) is 31.9 Å². The molecule has 0 saturated heterocycles. The lowest BCUT2D eigenvalue weighted by Crippen LogP contribution is -2.41. The highest BCUT2D eigenvalue weighted by Crippen LogP contribution is 2.49. The van der Waals surface area contributed by atoms with Crippen molar-refractivity contribution in [3.05, 3.63) is 35.4 Å². The zero-order valence-corrected chi connectivity index (χ0v) is 16.0. The van der Waals surface area contributed by atoms with E-state index in [-0.39, 0.29) is 12.1 Å². The van der Waals surface area contributed by atoms with Crippen LogP contribution in [0, 0.1) is 0 Å². The molecule has 1 rings (SSSR count). The third kappa shape index (κ3) is 6.61. The van der Waals surface area contributed by atoms with Crippen LogP contribution in [0.3, 0.4) is 0 Å². The average Bonchev–Trinajstić information content (AvgIpc) is 2.64. The predicted octanol–water partition coefficient (Wildman–Crippen LogP) is 3.13. The van der Waals surface area contributed by atoms with Crippen molar-refractivity contribution in [2.75, 3.05) is 21.3 Å². The van der Waals surface area contributed by atoms with Gasteiger partial charge < -0.3 is 19.1 Å². The molecular formula is C17H26NO6P. The van der Waals surface area contributed by atoms with Gasteiger partial charge in [-0.3, -0.25) is 9.36 Å². The Morgan fingerprint density at radius 1 is 1.12 bits per heavy atom. The van der Waals surface area contributed by atoms with Gasteiger partial charge in [-0.15, -0.1) is 0 Å². The largest absolute Gasteiger partial charge is 0.467 e. The summed E-state index contributed by atoms with van der Waals surface area (Å²) in [5, 5.41) is 2.69. The number of esters is 1. The van der Waals surface area contributed by atoms with Crippen molar-refractivity contribution in [1.82, 2.24) is 5.32 Å². The van der Waals surface area contributed by atoms with E-state index >= 15 is 0 Å². The highest BCUT2D eigenvalue weighted by atomic mass is 31.2. The first-order valence-electron chi connectivity index (χ1n) is 8.07. The minimum Gasteiger partial charge on any atom is -0.467 e. The van der Waals surface area contributed by atoms with Crippen LogP contribution in [0.2, 0.25) is 0 Å². The molecule has 7 nitrogen and oxygen atoms in total. The maximum Gasteiger partial charge on any atom is 0.334 e. The van der Waals surface area contributed by atoms with Crippen molar-refractivity contribution in [2.24, 2.45) is 0 Å². The van der Waals surface area contributed by atoms with E-state index in [1.807, 2.05) is 6.92 Å². The molecule has 0 spiro atoms. The molecule has 0 radical (unpaired) electrons. The molecule has 25 heavy (non-hydrogen) atoms. The lowest BCUT2D eigenvalue weighted by molar-refractivity contribution is -0.143. The van der Waals surface area contributed by atoms with Gasteiger partial charge in [0, 0.05) is 19.8 Å². The summed E-state index contributed by atoms with van der Waals surface area (Å²) in [7, 11) is 0.799. The van der Waals surface area contributed by atoms with E-state index < -0.39 is 19.6 Å². The molecule has 0 saturated carbocycles. The van der Waals surface area contributed by atoms with Gasteiger partial charge in [-0.25, -0.2) is 4.79 Å².